The molecule has 82 valence electrons. The van der Waals surface area contributed by atoms with E-state index in [9.17, 15) is 4.79 Å². The fraction of sp³-hybridized carbons (Fsp3) is 0.600. The number of Topliss-reactive ketones (excluding diaryl/α,β-unsaturated/α-hetero) is 1. The SMILES string of the molecule is CCCN[C@@H]1CCc2nc(N)sc2C1=O. The number of nitrogens with two attached hydrogens (primary N) is 1. The lowest BCUT2D eigenvalue weighted by molar-refractivity contribution is 0.0932. The molecule has 1 heterocycles. The Labute approximate surface area is 92.9 Å². The van der Waals surface area contributed by atoms with Crippen LogP contribution in [0.15, 0.2) is 0 Å². The second-order valence-corrected chi connectivity index (χ2v) is 4.77. The van der Waals surface area contributed by atoms with E-state index < -0.39 is 0 Å². The Morgan fingerprint density at radius 3 is 3.20 bits per heavy atom. The number of hydrogen-bond acceptors (Lipinski definition) is 5. The van der Waals surface area contributed by atoms with Crippen LogP contribution in [0.2, 0.25) is 0 Å². The molecule has 0 aliphatic heterocycles. The van der Waals surface area contributed by atoms with Gasteiger partial charge in [-0.05, 0) is 25.8 Å². The largest absolute Gasteiger partial charge is 0.375 e. The van der Waals surface area contributed by atoms with Gasteiger partial charge in [0.15, 0.2) is 10.9 Å². The zero-order valence-corrected chi connectivity index (χ0v) is 9.56. The molecular weight excluding hydrogens is 210 g/mol. The summed E-state index contributed by atoms with van der Waals surface area (Å²) < 4.78 is 0. The van der Waals surface area contributed by atoms with Crippen LogP contribution in [0.25, 0.3) is 0 Å². The molecular formula is C10H15N3OS. The smallest absolute Gasteiger partial charge is 0.191 e. The van der Waals surface area contributed by atoms with Crippen molar-refractivity contribution in [1.82, 2.24) is 10.3 Å². The maximum absolute atomic E-state index is 12.0. The van der Waals surface area contributed by atoms with E-state index in [1.54, 1.807) is 0 Å². The van der Waals surface area contributed by atoms with Crippen LogP contribution in [0.4, 0.5) is 5.13 Å². The predicted molar refractivity (Wildman–Crippen MR) is 61.3 cm³/mol. The summed E-state index contributed by atoms with van der Waals surface area (Å²) in [5.74, 6) is 0.166. The molecule has 1 aromatic heterocycles. The normalized spacial score (nSPS) is 20.3. The molecule has 0 fully saturated rings. The van der Waals surface area contributed by atoms with Crippen molar-refractivity contribution in [2.24, 2.45) is 0 Å². The Hall–Kier alpha value is -0.940. The van der Waals surface area contributed by atoms with Crippen LogP contribution in [0.3, 0.4) is 0 Å². The van der Waals surface area contributed by atoms with Gasteiger partial charge in [0.2, 0.25) is 0 Å². The number of anilines is 1. The van der Waals surface area contributed by atoms with Crippen LogP contribution < -0.4 is 11.1 Å². The van der Waals surface area contributed by atoms with Crippen LogP contribution in [0.5, 0.6) is 0 Å². The van der Waals surface area contributed by atoms with E-state index in [-0.39, 0.29) is 11.8 Å². The molecule has 0 unspecified atom stereocenters. The first-order valence-corrected chi connectivity index (χ1v) is 6.06. The highest BCUT2D eigenvalue weighted by Gasteiger charge is 2.29. The van der Waals surface area contributed by atoms with Crippen LogP contribution in [0, 0.1) is 0 Å². The summed E-state index contributed by atoms with van der Waals surface area (Å²) in [6, 6.07) is -0.0303. The van der Waals surface area contributed by atoms with E-state index in [1.807, 2.05) is 0 Å². The van der Waals surface area contributed by atoms with Gasteiger partial charge in [0, 0.05) is 0 Å². The summed E-state index contributed by atoms with van der Waals surface area (Å²) in [6.07, 6.45) is 2.74. The lowest BCUT2D eigenvalue weighted by Crippen LogP contribution is -2.40. The highest BCUT2D eigenvalue weighted by molar-refractivity contribution is 7.17. The third-order valence-electron chi connectivity index (χ3n) is 2.56. The van der Waals surface area contributed by atoms with Crippen LogP contribution >= 0.6 is 11.3 Å². The molecule has 0 saturated heterocycles. The zero-order valence-electron chi connectivity index (χ0n) is 8.75. The van der Waals surface area contributed by atoms with Crippen LogP contribution in [-0.2, 0) is 6.42 Å². The number of hydrogen-bond donors (Lipinski definition) is 2. The van der Waals surface area contributed by atoms with Crippen molar-refractivity contribution in [3.8, 4) is 0 Å². The third kappa shape index (κ3) is 2.03. The van der Waals surface area contributed by atoms with Crippen molar-refractivity contribution < 1.29 is 4.79 Å². The van der Waals surface area contributed by atoms with Gasteiger partial charge in [-0.25, -0.2) is 4.98 Å². The van der Waals surface area contributed by atoms with Crippen molar-refractivity contribution in [2.45, 2.75) is 32.2 Å². The number of thiazole rings is 1. The molecule has 3 N–H and O–H groups in total. The summed E-state index contributed by atoms with van der Waals surface area (Å²) in [5, 5.41) is 3.76. The highest BCUT2D eigenvalue weighted by Crippen LogP contribution is 2.28. The van der Waals surface area contributed by atoms with Gasteiger partial charge in [0.05, 0.1) is 16.6 Å². The second-order valence-electron chi connectivity index (χ2n) is 3.74. The molecule has 0 amide bonds. The van der Waals surface area contributed by atoms with E-state index >= 15 is 0 Å². The molecule has 1 aromatic rings. The fourth-order valence-corrected chi connectivity index (χ4v) is 2.69. The first-order chi connectivity index (χ1) is 7.22. The Kier molecular flexibility index (Phi) is 3.02. The van der Waals surface area contributed by atoms with Gasteiger partial charge < -0.3 is 11.1 Å². The second kappa shape index (κ2) is 4.28. The van der Waals surface area contributed by atoms with Crippen LogP contribution in [0.1, 0.15) is 35.1 Å². The maximum atomic E-state index is 12.0. The van der Waals surface area contributed by atoms with Crippen molar-refractivity contribution in [3.05, 3.63) is 10.6 Å². The Bertz CT molecular complexity index is 375. The molecule has 0 aromatic carbocycles. The number of nitrogen functional groups attached to an aromatic ring is 1. The summed E-state index contributed by atoms with van der Waals surface area (Å²) in [4.78, 5) is 16.9. The van der Waals surface area contributed by atoms with Gasteiger partial charge in [0.25, 0.3) is 0 Å². The number of fused-ring (bicyclic) bond motifs is 1. The molecule has 5 heteroatoms. The van der Waals surface area contributed by atoms with Gasteiger partial charge in [-0.15, -0.1) is 0 Å². The molecule has 0 saturated carbocycles. The number of aromatic nitrogens is 1. The van der Waals surface area contributed by atoms with Crippen molar-refractivity contribution in [3.63, 3.8) is 0 Å². The Balaban J connectivity index is 2.14. The topological polar surface area (TPSA) is 68.0 Å². The first kappa shape index (κ1) is 10.6. The first-order valence-electron chi connectivity index (χ1n) is 5.25. The molecule has 0 spiro atoms. The average Bonchev–Trinajstić information content (AvgIpc) is 2.59. The summed E-state index contributed by atoms with van der Waals surface area (Å²) in [6.45, 7) is 2.98. The van der Waals surface area contributed by atoms with Gasteiger partial charge in [-0.1, -0.05) is 18.3 Å². The van der Waals surface area contributed by atoms with Crippen molar-refractivity contribution >= 4 is 22.3 Å². The Morgan fingerprint density at radius 1 is 1.67 bits per heavy atom. The lowest BCUT2D eigenvalue weighted by Gasteiger charge is -2.20. The summed E-state index contributed by atoms with van der Waals surface area (Å²) in [7, 11) is 0. The lowest BCUT2D eigenvalue weighted by atomic mass is 9.96. The number of carbonyl (C=O) groups excluding carboxylic acids is 1. The van der Waals surface area contributed by atoms with Crippen LogP contribution in [-0.4, -0.2) is 23.4 Å². The standard InChI is InChI=1S/C10H15N3OS/c1-2-5-12-6-3-4-7-9(8(6)14)15-10(11)13-7/h6,12H,2-5H2,1H3,(H2,11,13)/t6-/m1/s1. The minimum absolute atomic E-state index is 0.0303. The monoisotopic (exact) mass is 225 g/mol. The molecule has 1 aliphatic rings. The van der Waals surface area contributed by atoms with Gasteiger partial charge in [-0.3, -0.25) is 4.79 Å². The van der Waals surface area contributed by atoms with E-state index in [0.717, 1.165) is 36.4 Å². The minimum Gasteiger partial charge on any atom is -0.375 e. The van der Waals surface area contributed by atoms with E-state index in [4.69, 9.17) is 5.73 Å². The fourth-order valence-electron chi connectivity index (χ4n) is 1.82. The predicted octanol–water partition coefficient (Wildman–Crippen LogP) is 1.22. The van der Waals surface area contributed by atoms with Crippen molar-refractivity contribution in [1.29, 1.82) is 0 Å². The molecule has 0 radical (unpaired) electrons. The zero-order chi connectivity index (χ0) is 10.8. The molecule has 4 nitrogen and oxygen atoms in total. The number of carbonyl (C=O) groups is 1. The van der Waals surface area contributed by atoms with Crippen molar-refractivity contribution in [2.75, 3.05) is 12.3 Å². The number of ketones is 1. The maximum Gasteiger partial charge on any atom is 0.191 e. The van der Waals surface area contributed by atoms with E-state index in [1.165, 1.54) is 11.3 Å². The molecule has 2 rings (SSSR count). The quantitative estimate of drug-likeness (QED) is 0.811. The molecule has 1 aliphatic carbocycles. The minimum atomic E-state index is -0.0303. The van der Waals surface area contributed by atoms with Gasteiger partial charge >= 0.3 is 0 Å². The third-order valence-corrected chi connectivity index (χ3v) is 3.51. The number of nitrogens with one attached hydrogen (secondary N) is 1. The average molecular weight is 225 g/mol. The number of nitrogens with zero attached hydrogens (tertiary/aromatic N) is 1. The molecule has 15 heavy (non-hydrogen) atoms. The Morgan fingerprint density at radius 2 is 2.47 bits per heavy atom. The van der Waals surface area contributed by atoms with Gasteiger partial charge in [0.1, 0.15) is 0 Å². The molecule has 0 bridgehead atoms. The molecule has 1 atom stereocenters. The summed E-state index contributed by atoms with van der Waals surface area (Å²) >= 11 is 1.31. The number of rotatable bonds is 3. The highest BCUT2D eigenvalue weighted by atomic mass is 32.1. The van der Waals surface area contributed by atoms with E-state index in [0.29, 0.717) is 5.13 Å². The summed E-state index contributed by atoms with van der Waals surface area (Å²) in [5.41, 5.74) is 6.49. The number of aryl methyl sites for hydroxylation is 1. The van der Waals surface area contributed by atoms with E-state index in [2.05, 4.69) is 17.2 Å². The van der Waals surface area contributed by atoms with Gasteiger partial charge in [-0.2, -0.15) is 0 Å².